The quantitative estimate of drug-likeness (QED) is 0.826. The van der Waals surface area contributed by atoms with Crippen molar-refractivity contribution in [3.8, 4) is 0 Å². The Morgan fingerprint density at radius 1 is 1.21 bits per heavy atom. The predicted molar refractivity (Wildman–Crippen MR) is 70.7 cm³/mol. The maximum atomic E-state index is 11.6. The fourth-order valence-corrected chi connectivity index (χ4v) is 1.58. The molecule has 19 heavy (non-hydrogen) atoms. The van der Waals surface area contributed by atoms with Gasteiger partial charge in [-0.3, -0.25) is 0 Å². The topological polar surface area (TPSA) is 64.6 Å². The summed E-state index contributed by atoms with van der Waals surface area (Å²) in [7, 11) is 1.29. The van der Waals surface area contributed by atoms with Crippen molar-refractivity contribution in [2.24, 2.45) is 0 Å². The van der Waals surface area contributed by atoms with E-state index in [9.17, 15) is 9.59 Å². The molecule has 104 valence electrons. The highest BCUT2D eigenvalue weighted by Crippen LogP contribution is 2.05. The Morgan fingerprint density at radius 2 is 1.84 bits per heavy atom. The lowest BCUT2D eigenvalue weighted by Crippen LogP contribution is -2.43. The molecule has 0 bridgehead atoms. The normalized spacial score (nSPS) is 11.8. The van der Waals surface area contributed by atoms with E-state index < -0.39 is 18.1 Å². The number of nitrogens with one attached hydrogen (secondary N) is 1. The van der Waals surface area contributed by atoms with E-state index in [0.717, 1.165) is 5.56 Å². The molecule has 1 aromatic rings. The van der Waals surface area contributed by atoms with Crippen LogP contribution in [0.15, 0.2) is 30.3 Å². The molecule has 0 aliphatic rings. The summed E-state index contributed by atoms with van der Waals surface area (Å²) in [6.45, 7) is 3.48. The van der Waals surface area contributed by atoms with E-state index in [1.807, 2.05) is 30.3 Å². The highest BCUT2D eigenvalue weighted by atomic mass is 16.6. The van der Waals surface area contributed by atoms with Gasteiger partial charge in [0, 0.05) is 6.42 Å². The van der Waals surface area contributed by atoms with Crippen molar-refractivity contribution < 1.29 is 19.1 Å². The van der Waals surface area contributed by atoms with Gasteiger partial charge in [0.2, 0.25) is 0 Å². The van der Waals surface area contributed by atoms with E-state index >= 15 is 0 Å². The van der Waals surface area contributed by atoms with Crippen molar-refractivity contribution in [3.63, 3.8) is 0 Å². The lowest BCUT2D eigenvalue weighted by Gasteiger charge is -2.17. The molecular formula is C14H19NO4. The van der Waals surface area contributed by atoms with Gasteiger partial charge in [-0.25, -0.2) is 9.59 Å². The summed E-state index contributed by atoms with van der Waals surface area (Å²) in [4.78, 5) is 23.2. The maximum absolute atomic E-state index is 11.6. The first-order valence-electron chi connectivity index (χ1n) is 6.11. The van der Waals surface area contributed by atoms with E-state index in [1.165, 1.54) is 7.11 Å². The number of ether oxygens (including phenoxy) is 2. The zero-order chi connectivity index (χ0) is 14.3. The molecule has 0 aliphatic heterocycles. The van der Waals surface area contributed by atoms with Crippen molar-refractivity contribution in [2.75, 3.05) is 7.11 Å². The van der Waals surface area contributed by atoms with E-state index in [0.29, 0.717) is 6.42 Å². The summed E-state index contributed by atoms with van der Waals surface area (Å²) in [5.74, 6) is -0.496. The Balaban J connectivity index is 2.67. The lowest BCUT2D eigenvalue weighted by atomic mass is 10.1. The zero-order valence-corrected chi connectivity index (χ0v) is 11.4. The van der Waals surface area contributed by atoms with Crippen LogP contribution in [0.1, 0.15) is 19.4 Å². The number of esters is 1. The predicted octanol–water partition coefficient (Wildman–Crippen LogP) is 1.91. The van der Waals surface area contributed by atoms with Gasteiger partial charge in [-0.1, -0.05) is 30.3 Å². The van der Waals surface area contributed by atoms with Crippen LogP contribution < -0.4 is 5.32 Å². The molecule has 0 saturated heterocycles. The molecule has 1 amide bonds. The van der Waals surface area contributed by atoms with Crippen molar-refractivity contribution in [1.82, 2.24) is 5.32 Å². The Morgan fingerprint density at radius 3 is 2.37 bits per heavy atom. The number of methoxy groups -OCH3 is 1. The monoisotopic (exact) mass is 265 g/mol. The first-order chi connectivity index (χ1) is 9.02. The molecule has 0 aliphatic carbocycles. The molecule has 1 aromatic carbocycles. The standard InChI is InChI=1S/C14H19NO4/c1-10(2)19-14(17)15-12(13(16)18-3)9-11-7-5-4-6-8-11/h4-8,10,12H,9H2,1-3H3,(H,15,17)/t12-/m0/s1. The molecular weight excluding hydrogens is 246 g/mol. The molecule has 1 rings (SSSR count). The maximum Gasteiger partial charge on any atom is 0.408 e. The molecule has 0 saturated carbocycles. The van der Waals surface area contributed by atoms with Crippen LogP contribution in [0, 0.1) is 0 Å². The molecule has 0 heterocycles. The van der Waals surface area contributed by atoms with E-state index in [4.69, 9.17) is 4.74 Å². The number of carbonyl (C=O) groups is 2. The Labute approximate surface area is 112 Å². The number of carbonyl (C=O) groups excluding carboxylic acids is 2. The minimum absolute atomic E-state index is 0.241. The third-order valence-corrected chi connectivity index (χ3v) is 2.40. The highest BCUT2D eigenvalue weighted by Gasteiger charge is 2.22. The molecule has 0 radical (unpaired) electrons. The minimum Gasteiger partial charge on any atom is -0.467 e. The SMILES string of the molecule is COC(=O)[C@H](Cc1ccccc1)NC(=O)OC(C)C. The van der Waals surface area contributed by atoms with Crippen LogP contribution in [-0.4, -0.2) is 31.3 Å². The van der Waals surface area contributed by atoms with Crippen LogP contribution in [0.5, 0.6) is 0 Å². The third-order valence-electron chi connectivity index (χ3n) is 2.40. The van der Waals surface area contributed by atoms with Gasteiger partial charge in [-0.2, -0.15) is 0 Å². The van der Waals surface area contributed by atoms with Gasteiger partial charge in [0.1, 0.15) is 6.04 Å². The zero-order valence-electron chi connectivity index (χ0n) is 11.4. The molecule has 1 atom stereocenters. The molecule has 0 spiro atoms. The molecule has 0 aromatic heterocycles. The first kappa shape index (κ1) is 15.0. The summed E-state index contributed by atoms with van der Waals surface area (Å²) in [6.07, 6.45) is -0.503. The largest absolute Gasteiger partial charge is 0.467 e. The smallest absolute Gasteiger partial charge is 0.408 e. The molecule has 1 N–H and O–H groups in total. The average Bonchev–Trinajstić information content (AvgIpc) is 2.37. The van der Waals surface area contributed by atoms with E-state index in [-0.39, 0.29) is 6.10 Å². The summed E-state index contributed by atoms with van der Waals surface area (Å²) in [6, 6.07) is 8.64. The van der Waals surface area contributed by atoms with Crippen LogP contribution in [0.2, 0.25) is 0 Å². The third kappa shape index (κ3) is 5.42. The number of hydrogen-bond donors (Lipinski definition) is 1. The lowest BCUT2D eigenvalue weighted by molar-refractivity contribution is -0.143. The molecule has 0 fully saturated rings. The van der Waals surface area contributed by atoms with Gasteiger partial charge in [0.15, 0.2) is 0 Å². The summed E-state index contributed by atoms with van der Waals surface area (Å²) in [5.41, 5.74) is 0.933. The molecule has 0 unspecified atom stereocenters. The number of alkyl carbamates (subject to hydrolysis) is 1. The fraction of sp³-hybridized carbons (Fsp3) is 0.429. The van der Waals surface area contributed by atoms with Gasteiger partial charge < -0.3 is 14.8 Å². The number of benzene rings is 1. The molecule has 5 heteroatoms. The highest BCUT2D eigenvalue weighted by molar-refractivity contribution is 5.81. The Kier molecular flexibility index (Phi) is 5.85. The summed E-state index contributed by atoms with van der Waals surface area (Å²) in [5, 5.41) is 2.51. The number of rotatable bonds is 5. The number of hydrogen-bond acceptors (Lipinski definition) is 4. The van der Waals surface area contributed by atoms with E-state index in [2.05, 4.69) is 10.1 Å². The second kappa shape index (κ2) is 7.41. The number of amides is 1. The van der Waals surface area contributed by atoms with Gasteiger partial charge in [0.25, 0.3) is 0 Å². The van der Waals surface area contributed by atoms with Crippen LogP contribution in [-0.2, 0) is 20.7 Å². The van der Waals surface area contributed by atoms with Crippen molar-refractivity contribution in [1.29, 1.82) is 0 Å². The van der Waals surface area contributed by atoms with Gasteiger partial charge >= 0.3 is 12.1 Å². The van der Waals surface area contributed by atoms with Crippen LogP contribution in [0.3, 0.4) is 0 Å². The fourth-order valence-electron chi connectivity index (χ4n) is 1.58. The summed E-state index contributed by atoms with van der Waals surface area (Å²) >= 11 is 0. The van der Waals surface area contributed by atoms with Crippen LogP contribution in [0.4, 0.5) is 4.79 Å². The Hall–Kier alpha value is -2.04. The van der Waals surface area contributed by atoms with E-state index in [1.54, 1.807) is 13.8 Å². The average molecular weight is 265 g/mol. The van der Waals surface area contributed by atoms with Crippen molar-refractivity contribution in [3.05, 3.63) is 35.9 Å². The van der Waals surface area contributed by atoms with Crippen molar-refractivity contribution in [2.45, 2.75) is 32.4 Å². The second-order valence-electron chi connectivity index (χ2n) is 4.36. The Bertz CT molecular complexity index is 417. The first-order valence-corrected chi connectivity index (χ1v) is 6.11. The van der Waals surface area contributed by atoms with Crippen LogP contribution in [0.25, 0.3) is 0 Å². The van der Waals surface area contributed by atoms with Gasteiger partial charge in [-0.05, 0) is 19.4 Å². The van der Waals surface area contributed by atoms with Gasteiger partial charge in [0.05, 0.1) is 13.2 Å². The molecule has 5 nitrogen and oxygen atoms in total. The second-order valence-corrected chi connectivity index (χ2v) is 4.36. The van der Waals surface area contributed by atoms with Crippen molar-refractivity contribution >= 4 is 12.1 Å². The van der Waals surface area contributed by atoms with Gasteiger partial charge in [-0.15, -0.1) is 0 Å². The minimum atomic E-state index is -0.751. The van der Waals surface area contributed by atoms with Crippen LogP contribution >= 0.6 is 0 Å². The summed E-state index contributed by atoms with van der Waals surface area (Å²) < 4.78 is 9.64.